The van der Waals surface area contributed by atoms with Gasteiger partial charge < -0.3 is 10.2 Å². The molecule has 2 aromatic carbocycles. The number of aryl methyl sites for hydroxylation is 1. The number of para-hydroxylation sites is 1. The number of carbonyl (C=O) groups excluding carboxylic acids is 2. The second-order valence-electron chi connectivity index (χ2n) is 8.12. The van der Waals surface area contributed by atoms with Gasteiger partial charge in [0.25, 0.3) is 5.91 Å². The van der Waals surface area contributed by atoms with Crippen molar-refractivity contribution in [1.82, 2.24) is 15.2 Å². The fourth-order valence-corrected chi connectivity index (χ4v) is 4.49. The lowest BCUT2D eigenvalue weighted by molar-refractivity contribution is -0.134. The third-order valence-corrected chi connectivity index (χ3v) is 6.50. The van der Waals surface area contributed by atoms with Gasteiger partial charge in [-0.1, -0.05) is 44.2 Å². The molecule has 2 amide bonds. The number of benzene rings is 2. The first-order chi connectivity index (χ1) is 14.3. The molecule has 3 rings (SSSR count). The van der Waals surface area contributed by atoms with E-state index in [0.29, 0.717) is 12.0 Å². The monoisotopic (exact) mass is 423 g/mol. The van der Waals surface area contributed by atoms with Crippen LogP contribution in [0.2, 0.25) is 0 Å². The molecule has 0 unspecified atom stereocenters. The van der Waals surface area contributed by atoms with Crippen LogP contribution >= 0.6 is 11.3 Å². The molecule has 30 heavy (non-hydrogen) atoms. The predicted octanol–water partition coefficient (Wildman–Crippen LogP) is 4.97. The second-order valence-corrected chi connectivity index (χ2v) is 9.18. The van der Waals surface area contributed by atoms with E-state index in [1.54, 1.807) is 29.4 Å². The van der Waals surface area contributed by atoms with Crippen molar-refractivity contribution < 1.29 is 9.59 Å². The van der Waals surface area contributed by atoms with Crippen molar-refractivity contribution in [2.24, 2.45) is 5.92 Å². The summed E-state index contributed by atoms with van der Waals surface area (Å²) in [5, 5.41) is 3.86. The number of fused-ring (bicyclic) bond motifs is 1. The van der Waals surface area contributed by atoms with Crippen molar-refractivity contribution >= 4 is 33.4 Å². The van der Waals surface area contributed by atoms with Gasteiger partial charge in [0.2, 0.25) is 5.91 Å². The van der Waals surface area contributed by atoms with Gasteiger partial charge in [-0.3, -0.25) is 9.59 Å². The Morgan fingerprint density at radius 1 is 1.07 bits per heavy atom. The Bertz CT molecular complexity index is 1010. The molecule has 158 valence electrons. The first-order valence-corrected chi connectivity index (χ1v) is 11.1. The molecule has 0 saturated carbocycles. The van der Waals surface area contributed by atoms with Gasteiger partial charge in [0, 0.05) is 12.6 Å². The maximum Gasteiger partial charge on any atom is 0.252 e. The van der Waals surface area contributed by atoms with E-state index in [1.165, 1.54) is 0 Å². The van der Waals surface area contributed by atoms with Gasteiger partial charge >= 0.3 is 0 Å². The summed E-state index contributed by atoms with van der Waals surface area (Å²) in [6.45, 7) is 7.98. The molecule has 1 N–H and O–H groups in total. The molecule has 0 fully saturated rings. The fraction of sp³-hybridized carbons (Fsp3) is 0.375. The number of aromatic nitrogens is 1. The Morgan fingerprint density at radius 3 is 2.40 bits per heavy atom. The van der Waals surface area contributed by atoms with Crippen molar-refractivity contribution in [3.8, 4) is 0 Å². The van der Waals surface area contributed by atoms with Crippen LogP contribution in [0.3, 0.4) is 0 Å². The molecule has 0 aliphatic rings. The Labute approximate surface area is 182 Å². The zero-order valence-corrected chi connectivity index (χ0v) is 19.0. The summed E-state index contributed by atoms with van der Waals surface area (Å²) in [5.74, 6) is -0.0483. The number of likely N-dealkylation sites (N-methyl/N-ethyl adjacent to an activating group) is 1. The molecule has 1 aromatic heterocycles. The third kappa shape index (κ3) is 4.87. The summed E-state index contributed by atoms with van der Waals surface area (Å²) < 4.78 is 1.10. The quantitative estimate of drug-likeness (QED) is 0.584. The van der Waals surface area contributed by atoms with Crippen LogP contribution in [0.5, 0.6) is 0 Å². The van der Waals surface area contributed by atoms with Gasteiger partial charge in [0.15, 0.2) is 0 Å². The van der Waals surface area contributed by atoms with Gasteiger partial charge in [0.05, 0.1) is 16.3 Å². The van der Waals surface area contributed by atoms with Crippen LogP contribution in [0.15, 0.2) is 48.5 Å². The number of thiazole rings is 1. The molecule has 0 spiro atoms. The van der Waals surface area contributed by atoms with Crippen LogP contribution in [0, 0.1) is 12.8 Å². The van der Waals surface area contributed by atoms with Crippen LogP contribution in [0.1, 0.15) is 54.2 Å². The Hall–Kier alpha value is -2.73. The van der Waals surface area contributed by atoms with Gasteiger partial charge in [-0.2, -0.15) is 0 Å². The molecule has 2 atom stereocenters. The van der Waals surface area contributed by atoms with E-state index < -0.39 is 6.04 Å². The predicted molar refractivity (Wildman–Crippen MR) is 123 cm³/mol. The molecule has 0 aliphatic carbocycles. The summed E-state index contributed by atoms with van der Waals surface area (Å²) in [7, 11) is 1.78. The first-order valence-electron chi connectivity index (χ1n) is 10.3. The zero-order valence-electron chi connectivity index (χ0n) is 18.2. The summed E-state index contributed by atoms with van der Waals surface area (Å²) >= 11 is 1.60. The van der Waals surface area contributed by atoms with Gasteiger partial charge in [-0.25, -0.2) is 4.98 Å². The summed E-state index contributed by atoms with van der Waals surface area (Å²) in [5.41, 5.74) is 2.43. The molecular formula is C24H29N3O2S. The largest absolute Gasteiger partial charge is 0.340 e. The number of nitrogens with zero attached hydrogens (tertiary/aromatic N) is 2. The van der Waals surface area contributed by atoms with E-state index in [1.807, 2.05) is 56.3 Å². The average Bonchev–Trinajstić information content (AvgIpc) is 3.15. The standard InChI is InChI=1S/C24H29N3O2S/c1-15(2)14-20(25-22(28)18-11-7-6-10-16(18)3)24(29)27(5)17(4)23-26-19-12-8-9-13-21(19)30-23/h6-13,15,17,20H,14H2,1-5H3,(H,25,28)/t17-,20-/m0/s1. The Morgan fingerprint density at radius 2 is 1.73 bits per heavy atom. The number of carbonyl (C=O) groups is 2. The Kier molecular flexibility index (Phi) is 6.87. The minimum Gasteiger partial charge on any atom is -0.340 e. The second kappa shape index (κ2) is 9.39. The Balaban J connectivity index is 1.79. The van der Waals surface area contributed by atoms with E-state index in [-0.39, 0.29) is 23.8 Å². The van der Waals surface area contributed by atoms with Crippen LogP contribution in [0.25, 0.3) is 10.2 Å². The first kappa shape index (κ1) is 22.0. The number of amides is 2. The van der Waals surface area contributed by atoms with E-state index in [0.717, 1.165) is 20.8 Å². The highest BCUT2D eigenvalue weighted by Crippen LogP contribution is 2.29. The summed E-state index contributed by atoms with van der Waals surface area (Å²) in [6, 6.07) is 14.6. The molecule has 0 bridgehead atoms. The minimum absolute atomic E-state index is 0.0996. The SMILES string of the molecule is Cc1ccccc1C(=O)N[C@@H](CC(C)C)C(=O)N(C)[C@@H](C)c1nc2ccccc2s1. The molecule has 3 aromatic rings. The number of hydrogen-bond donors (Lipinski definition) is 1. The van der Waals surface area contributed by atoms with Crippen molar-refractivity contribution in [1.29, 1.82) is 0 Å². The van der Waals surface area contributed by atoms with E-state index in [9.17, 15) is 9.59 Å². The van der Waals surface area contributed by atoms with Crippen LogP contribution < -0.4 is 5.32 Å². The van der Waals surface area contributed by atoms with Crippen LogP contribution in [0.4, 0.5) is 0 Å². The maximum absolute atomic E-state index is 13.3. The number of rotatable bonds is 7. The molecule has 6 heteroatoms. The van der Waals surface area contributed by atoms with Crippen molar-refractivity contribution in [3.63, 3.8) is 0 Å². The number of nitrogens with one attached hydrogen (secondary N) is 1. The zero-order chi connectivity index (χ0) is 21.8. The molecule has 0 aliphatic heterocycles. The summed E-state index contributed by atoms with van der Waals surface area (Å²) in [4.78, 5) is 32.6. The van der Waals surface area contributed by atoms with Crippen molar-refractivity contribution in [3.05, 3.63) is 64.7 Å². The highest BCUT2D eigenvalue weighted by molar-refractivity contribution is 7.18. The number of hydrogen-bond acceptors (Lipinski definition) is 4. The van der Waals surface area contributed by atoms with E-state index in [4.69, 9.17) is 4.98 Å². The highest BCUT2D eigenvalue weighted by Gasteiger charge is 2.29. The van der Waals surface area contributed by atoms with Gasteiger partial charge in [-0.15, -0.1) is 11.3 Å². The molecule has 0 saturated heterocycles. The molecule has 5 nitrogen and oxygen atoms in total. The van der Waals surface area contributed by atoms with Crippen molar-refractivity contribution in [2.75, 3.05) is 7.05 Å². The van der Waals surface area contributed by atoms with Gasteiger partial charge in [0.1, 0.15) is 11.0 Å². The lowest BCUT2D eigenvalue weighted by atomic mass is 10.0. The topological polar surface area (TPSA) is 62.3 Å². The maximum atomic E-state index is 13.3. The smallest absolute Gasteiger partial charge is 0.252 e. The van der Waals surface area contributed by atoms with Crippen LogP contribution in [-0.4, -0.2) is 34.8 Å². The minimum atomic E-state index is -0.584. The van der Waals surface area contributed by atoms with E-state index >= 15 is 0 Å². The van der Waals surface area contributed by atoms with E-state index in [2.05, 4.69) is 19.2 Å². The molecular weight excluding hydrogens is 394 g/mol. The lowest BCUT2D eigenvalue weighted by Crippen LogP contribution is -2.48. The van der Waals surface area contributed by atoms with Crippen molar-refractivity contribution in [2.45, 2.75) is 46.2 Å². The highest BCUT2D eigenvalue weighted by atomic mass is 32.1. The third-order valence-electron chi connectivity index (χ3n) is 5.30. The lowest BCUT2D eigenvalue weighted by Gasteiger charge is -2.29. The van der Waals surface area contributed by atoms with Gasteiger partial charge in [-0.05, 0) is 49.9 Å². The average molecular weight is 424 g/mol. The molecule has 1 heterocycles. The molecule has 0 radical (unpaired) electrons. The summed E-state index contributed by atoms with van der Waals surface area (Å²) in [6.07, 6.45) is 0.577. The fourth-order valence-electron chi connectivity index (χ4n) is 3.43. The normalized spacial score (nSPS) is 13.3. The van der Waals surface area contributed by atoms with Crippen LogP contribution in [-0.2, 0) is 4.79 Å².